The molecule has 1 heterocycles. The maximum Gasteiger partial charge on any atom is 0.191 e. The van der Waals surface area contributed by atoms with Gasteiger partial charge in [0.1, 0.15) is 0 Å². The van der Waals surface area contributed by atoms with Crippen molar-refractivity contribution in [3.63, 3.8) is 0 Å². The van der Waals surface area contributed by atoms with Crippen molar-refractivity contribution in [2.75, 3.05) is 44.3 Å². The van der Waals surface area contributed by atoms with Crippen molar-refractivity contribution in [3.05, 3.63) is 29.8 Å². The van der Waals surface area contributed by atoms with E-state index in [-0.39, 0.29) is 0 Å². The highest BCUT2D eigenvalue weighted by Gasteiger charge is 2.24. The van der Waals surface area contributed by atoms with E-state index >= 15 is 0 Å². The molecule has 0 aliphatic carbocycles. The van der Waals surface area contributed by atoms with Gasteiger partial charge in [-0.05, 0) is 37.5 Å². The topological polar surface area (TPSA) is 69.1 Å². The molecule has 0 aromatic heterocycles. The number of hydrogen-bond acceptors (Lipinski definition) is 4. The summed E-state index contributed by atoms with van der Waals surface area (Å²) < 4.78 is 5.42. The van der Waals surface area contributed by atoms with E-state index in [4.69, 9.17) is 9.73 Å². The summed E-state index contributed by atoms with van der Waals surface area (Å²) in [5.74, 6) is 0.755. The summed E-state index contributed by atoms with van der Waals surface area (Å²) in [6.45, 7) is 11.7. The summed E-state index contributed by atoms with van der Waals surface area (Å²) >= 11 is 0. The Labute approximate surface area is 170 Å². The van der Waals surface area contributed by atoms with Gasteiger partial charge < -0.3 is 25.4 Å². The van der Waals surface area contributed by atoms with Crippen LogP contribution in [0.4, 0.5) is 5.69 Å². The average molecular weight is 391 g/mol. The van der Waals surface area contributed by atoms with Gasteiger partial charge >= 0.3 is 0 Å². The summed E-state index contributed by atoms with van der Waals surface area (Å²) in [6, 6.07) is 8.61. The van der Waals surface area contributed by atoms with E-state index < -0.39 is 5.60 Å². The first-order valence-corrected chi connectivity index (χ1v) is 10.8. The fourth-order valence-corrected chi connectivity index (χ4v) is 3.63. The molecular weight excluding hydrogens is 352 g/mol. The highest BCUT2D eigenvalue weighted by Crippen LogP contribution is 2.19. The van der Waals surface area contributed by atoms with Crippen LogP contribution in [0.2, 0.25) is 0 Å². The van der Waals surface area contributed by atoms with Crippen molar-refractivity contribution in [3.8, 4) is 0 Å². The Morgan fingerprint density at radius 2 is 1.71 bits per heavy atom. The Bertz CT molecular complexity index is 577. The molecule has 1 aromatic carbocycles. The lowest BCUT2D eigenvalue weighted by atomic mass is 9.93. The molecule has 0 saturated carbocycles. The van der Waals surface area contributed by atoms with Crippen molar-refractivity contribution >= 4 is 11.6 Å². The summed E-state index contributed by atoms with van der Waals surface area (Å²) in [5.41, 5.74) is 1.75. The molecule has 0 bridgehead atoms. The number of nitrogens with one attached hydrogen (secondary N) is 2. The van der Waals surface area contributed by atoms with Gasteiger partial charge in [0.15, 0.2) is 5.96 Å². The Kier molecular flexibility index (Phi) is 9.58. The standard InChI is InChI=1S/C22H38N4O2/c1-4-11-22(27,12-5-2)18-25-21(23-6-3)24-17-19-7-9-20(10-8-19)26-13-15-28-16-14-26/h7-10,27H,4-6,11-18H2,1-3H3,(H2,23,24,25). The Morgan fingerprint density at radius 3 is 2.29 bits per heavy atom. The maximum atomic E-state index is 10.8. The Morgan fingerprint density at radius 1 is 1.07 bits per heavy atom. The highest BCUT2D eigenvalue weighted by molar-refractivity contribution is 5.79. The Hall–Kier alpha value is -1.79. The molecule has 1 saturated heterocycles. The highest BCUT2D eigenvalue weighted by atomic mass is 16.5. The molecular formula is C22H38N4O2. The largest absolute Gasteiger partial charge is 0.388 e. The number of benzene rings is 1. The first kappa shape index (κ1) is 22.5. The number of anilines is 1. The molecule has 0 amide bonds. The quantitative estimate of drug-likeness (QED) is 0.423. The zero-order chi connectivity index (χ0) is 20.2. The smallest absolute Gasteiger partial charge is 0.191 e. The summed E-state index contributed by atoms with van der Waals surface area (Å²) in [4.78, 5) is 7.05. The molecule has 0 radical (unpaired) electrons. The van der Waals surface area contributed by atoms with Gasteiger partial charge in [0.2, 0.25) is 0 Å². The number of ether oxygens (including phenoxy) is 1. The summed E-state index contributed by atoms with van der Waals surface area (Å²) in [5, 5.41) is 17.4. The van der Waals surface area contributed by atoms with Crippen LogP contribution in [-0.2, 0) is 11.3 Å². The van der Waals surface area contributed by atoms with Crippen LogP contribution in [0.15, 0.2) is 29.3 Å². The average Bonchev–Trinajstić information content (AvgIpc) is 2.71. The second-order valence-corrected chi connectivity index (χ2v) is 7.54. The zero-order valence-corrected chi connectivity index (χ0v) is 17.8. The van der Waals surface area contributed by atoms with Crippen LogP contribution in [0.25, 0.3) is 0 Å². The van der Waals surface area contributed by atoms with Gasteiger partial charge in [0, 0.05) is 31.9 Å². The molecule has 28 heavy (non-hydrogen) atoms. The van der Waals surface area contributed by atoms with Crippen molar-refractivity contribution in [1.82, 2.24) is 10.6 Å². The fourth-order valence-electron chi connectivity index (χ4n) is 3.63. The molecule has 1 fully saturated rings. The first-order valence-electron chi connectivity index (χ1n) is 10.8. The van der Waals surface area contributed by atoms with Crippen molar-refractivity contribution in [2.24, 2.45) is 4.99 Å². The third-order valence-corrected chi connectivity index (χ3v) is 5.09. The minimum Gasteiger partial charge on any atom is -0.388 e. The number of morpholine rings is 1. The lowest BCUT2D eigenvalue weighted by Crippen LogP contribution is -2.47. The first-order chi connectivity index (χ1) is 13.6. The zero-order valence-electron chi connectivity index (χ0n) is 17.8. The molecule has 1 aliphatic rings. The third kappa shape index (κ3) is 7.32. The summed E-state index contributed by atoms with van der Waals surface area (Å²) in [7, 11) is 0. The van der Waals surface area contributed by atoms with Crippen LogP contribution in [0.1, 0.15) is 52.0 Å². The SMILES string of the molecule is CCCC(O)(CCC)CNC(=NCc1ccc(N2CCOCC2)cc1)NCC. The van der Waals surface area contributed by atoms with E-state index in [0.29, 0.717) is 13.1 Å². The Balaban J connectivity index is 1.93. The molecule has 3 N–H and O–H groups in total. The lowest BCUT2D eigenvalue weighted by Gasteiger charge is -2.29. The second-order valence-electron chi connectivity index (χ2n) is 7.54. The molecule has 1 aromatic rings. The van der Waals surface area contributed by atoms with Crippen molar-refractivity contribution in [2.45, 2.75) is 58.6 Å². The van der Waals surface area contributed by atoms with Crippen LogP contribution in [0, 0.1) is 0 Å². The molecule has 0 unspecified atom stereocenters. The van der Waals surface area contributed by atoms with E-state index in [1.807, 2.05) is 0 Å². The van der Waals surface area contributed by atoms with E-state index in [2.05, 4.69) is 60.6 Å². The minimum absolute atomic E-state index is 0.524. The number of guanidine groups is 1. The van der Waals surface area contributed by atoms with Gasteiger partial charge in [-0.3, -0.25) is 0 Å². The maximum absolute atomic E-state index is 10.8. The third-order valence-electron chi connectivity index (χ3n) is 5.09. The number of aliphatic imine (C=N–C) groups is 1. The van der Waals surface area contributed by atoms with Crippen molar-refractivity contribution in [1.29, 1.82) is 0 Å². The van der Waals surface area contributed by atoms with Gasteiger partial charge in [0.25, 0.3) is 0 Å². The minimum atomic E-state index is -0.667. The number of hydrogen-bond donors (Lipinski definition) is 3. The molecule has 6 heteroatoms. The summed E-state index contributed by atoms with van der Waals surface area (Å²) in [6.07, 6.45) is 3.55. The van der Waals surface area contributed by atoms with E-state index in [0.717, 1.165) is 64.5 Å². The predicted octanol–water partition coefficient (Wildman–Crippen LogP) is 2.91. The van der Waals surface area contributed by atoms with Crippen LogP contribution in [0.3, 0.4) is 0 Å². The predicted molar refractivity (Wildman–Crippen MR) is 117 cm³/mol. The van der Waals surface area contributed by atoms with Gasteiger partial charge in [-0.1, -0.05) is 38.8 Å². The normalized spacial score (nSPS) is 15.6. The van der Waals surface area contributed by atoms with Crippen molar-refractivity contribution < 1.29 is 9.84 Å². The van der Waals surface area contributed by atoms with E-state index in [1.54, 1.807) is 0 Å². The van der Waals surface area contributed by atoms with Crippen LogP contribution in [0.5, 0.6) is 0 Å². The number of rotatable bonds is 10. The van der Waals surface area contributed by atoms with Crippen LogP contribution < -0.4 is 15.5 Å². The fraction of sp³-hybridized carbons (Fsp3) is 0.682. The molecule has 0 spiro atoms. The number of aliphatic hydroxyl groups is 1. The van der Waals surface area contributed by atoms with E-state index in [1.165, 1.54) is 11.3 Å². The molecule has 1 aliphatic heterocycles. The van der Waals surface area contributed by atoms with E-state index in [9.17, 15) is 5.11 Å². The molecule has 158 valence electrons. The molecule has 6 nitrogen and oxygen atoms in total. The van der Waals surface area contributed by atoms with Crippen LogP contribution >= 0.6 is 0 Å². The molecule has 2 rings (SSSR count). The van der Waals surface area contributed by atoms with Crippen LogP contribution in [-0.4, -0.2) is 56.1 Å². The van der Waals surface area contributed by atoms with Gasteiger partial charge in [-0.25, -0.2) is 4.99 Å². The van der Waals surface area contributed by atoms with Gasteiger partial charge in [0.05, 0.1) is 25.4 Å². The monoisotopic (exact) mass is 390 g/mol. The lowest BCUT2D eigenvalue weighted by molar-refractivity contribution is 0.0257. The van der Waals surface area contributed by atoms with Gasteiger partial charge in [-0.15, -0.1) is 0 Å². The van der Waals surface area contributed by atoms with Gasteiger partial charge in [-0.2, -0.15) is 0 Å². The second kappa shape index (κ2) is 11.9. The number of nitrogens with zero attached hydrogens (tertiary/aromatic N) is 2. The molecule has 0 atom stereocenters.